The van der Waals surface area contributed by atoms with E-state index in [1.54, 1.807) is 25.2 Å². The van der Waals surface area contributed by atoms with Gasteiger partial charge in [0.2, 0.25) is 5.91 Å². The van der Waals surface area contributed by atoms with Crippen LogP contribution in [0.4, 0.5) is 17.1 Å². The van der Waals surface area contributed by atoms with Crippen LogP contribution in [-0.4, -0.2) is 51.7 Å². The summed E-state index contributed by atoms with van der Waals surface area (Å²) < 4.78 is 5.36. The fourth-order valence-electron chi connectivity index (χ4n) is 2.90. The first-order chi connectivity index (χ1) is 13.6. The predicted molar refractivity (Wildman–Crippen MR) is 111 cm³/mol. The molecule has 0 aliphatic carbocycles. The Bertz CT molecular complexity index is 836. The summed E-state index contributed by atoms with van der Waals surface area (Å²) in [4.78, 5) is 26.2. The molecule has 2 amide bonds. The van der Waals surface area contributed by atoms with Crippen molar-refractivity contribution in [3.05, 3.63) is 53.1 Å². The molecule has 1 fully saturated rings. The number of carbonyl (C=O) groups is 2. The number of hydrogen-bond acceptors (Lipinski definition) is 5. The van der Waals surface area contributed by atoms with Gasteiger partial charge in [0.1, 0.15) is 0 Å². The van der Waals surface area contributed by atoms with Crippen LogP contribution in [0.2, 0.25) is 5.02 Å². The minimum Gasteiger partial charge on any atom is -0.378 e. The van der Waals surface area contributed by atoms with Crippen molar-refractivity contribution >= 4 is 40.5 Å². The monoisotopic (exact) mass is 402 g/mol. The second-order valence-electron chi connectivity index (χ2n) is 6.32. The van der Waals surface area contributed by atoms with E-state index in [9.17, 15) is 9.59 Å². The molecule has 1 aliphatic rings. The molecular formula is C20H23ClN4O3. The summed E-state index contributed by atoms with van der Waals surface area (Å²) >= 11 is 6.14. The van der Waals surface area contributed by atoms with Crippen molar-refractivity contribution in [3.8, 4) is 0 Å². The van der Waals surface area contributed by atoms with E-state index in [0.29, 0.717) is 22.0 Å². The third kappa shape index (κ3) is 5.15. The lowest BCUT2D eigenvalue weighted by molar-refractivity contribution is -0.114. The number of halogens is 1. The smallest absolute Gasteiger partial charge is 0.251 e. The van der Waals surface area contributed by atoms with Crippen LogP contribution in [0, 0.1) is 0 Å². The lowest BCUT2D eigenvalue weighted by atomic mass is 10.2. The number of carbonyl (C=O) groups excluding carboxylic acids is 2. The highest BCUT2D eigenvalue weighted by Crippen LogP contribution is 2.23. The lowest BCUT2D eigenvalue weighted by Crippen LogP contribution is -2.36. The van der Waals surface area contributed by atoms with E-state index in [1.165, 1.54) is 0 Å². The van der Waals surface area contributed by atoms with Gasteiger partial charge in [-0.05, 0) is 42.5 Å². The van der Waals surface area contributed by atoms with E-state index in [2.05, 4.69) is 20.9 Å². The first kappa shape index (κ1) is 20.0. The number of morpholine rings is 1. The summed E-state index contributed by atoms with van der Waals surface area (Å²) in [5, 5.41) is 8.81. The number of nitrogens with one attached hydrogen (secondary N) is 3. The Morgan fingerprint density at radius 3 is 2.50 bits per heavy atom. The highest BCUT2D eigenvalue weighted by molar-refractivity contribution is 6.33. The normalized spacial score (nSPS) is 13.7. The third-order valence-corrected chi connectivity index (χ3v) is 4.75. The molecule has 0 bridgehead atoms. The van der Waals surface area contributed by atoms with Gasteiger partial charge in [-0.15, -0.1) is 0 Å². The molecule has 0 radical (unpaired) electrons. The molecule has 0 spiro atoms. The van der Waals surface area contributed by atoms with Crippen molar-refractivity contribution in [1.82, 2.24) is 5.32 Å². The standard InChI is InChI=1S/C20H23ClN4O3/c1-22-20(27)14-2-7-17(21)18(12-14)23-13-19(26)24-15-3-5-16(6-4-15)25-8-10-28-11-9-25/h2-7,12,23H,8-11,13H2,1H3,(H,22,27)(H,24,26). The van der Waals surface area contributed by atoms with Gasteiger partial charge in [0, 0.05) is 37.1 Å². The number of ether oxygens (including phenoxy) is 1. The van der Waals surface area contributed by atoms with Crippen molar-refractivity contribution in [1.29, 1.82) is 0 Å². The quantitative estimate of drug-likeness (QED) is 0.691. The van der Waals surface area contributed by atoms with Crippen LogP contribution in [0.1, 0.15) is 10.4 Å². The summed E-state index contributed by atoms with van der Waals surface area (Å²) in [5.74, 6) is -0.426. The van der Waals surface area contributed by atoms with E-state index in [0.717, 1.165) is 32.0 Å². The highest BCUT2D eigenvalue weighted by atomic mass is 35.5. The van der Waals surface area contributed by atoms with Crippen LogP contribution in [0.5, 0.6) is 0 Å². The molecule has 0 atom stereocenters. The third-order valence-electron chi connectivity index (χ3n) is 4.42. The molecular weight excluding hydrogens is 380 g/mol. The van der Waals surface area contributed by atoms with Crippen molar-refractivity contribution in [2.75, 3.05) is 55.4 Å². The number of rotatable bonds is 6. The maximum Gasteiger partial charge on any atom is 0.251 e. The van der Waals surface area contributed by atoms with Gasteiger partial charge >= 0.3 is 0 Å². The van der Waals surface area contributed by atoms with Crippen LogP contribution >= 0.6 is 11.6 Å². The SMILES string of the molecule is CNC(=O)c1ccc(Cl)c(NCC(=O)Nc2ccc(N3CCOCC3)cc2)c1. The van der Waals surface area contributed by atoms with E-state index >= 15 is 0 Å². The first-order valence-corrected chi connectivity index (χ1v) is 9.43. The van der Waals surface area contributed by atoms with Gasteiger partial charge in [0.05, 0.1) is 30.5 Å². The Hall–Kier alpha value is -2.77. The molecule has 28 heavy (non-hydrogen) atoms. The molecule has 1 heterocycles. The number of nitrogens with zero attached hydrogens (tertiary/aromatic N) is 1. The molecule has 3 N–H and O–H groups in total. The topological polar surface area (TPSA) is 82.7 Å². The number of benzene rings is 2. The Morgan fingerprint density at radius 2 is 1.82 bits per heavy atom. The Labute approximate surface area is 169 Å². The minimum atomic E-state index is -0.218. The zero-order valence-electron chi connectivity index (χ0n) is 15.6. The Kier molecular flexibility index (Phi) is 6.73. The maximum atomic E-state index is 12.2. The van der Waals surface area contributed by atoms with E-state index < -0.39 is 0 Å². The van der Waals surface area contributed by atoms with Crippen molar-refractivity contribution < 1.29 is 14.3 Å². The molecule has 2 aromatic rings. The van der Waals surface area contributed by atoms with Gasteiger partial charge in [-0.1, -0.05) is 11.6 Å². The summed E-state index contributed by atoms with van der Waals surface area (Å²) in [5.41, 5.74) is 2.82. The highest BCUT2D eigenvalue weighted by Gasteiger charge is 2.12. The van der Waals surface area contributed by atoms with E-state index in [1.807, 2.05) is 24.3 Å². The van der Waals surface area contributed by atoms with Crippen LogP contribution in [0.15, 0.2) is 42.5 Å². The molecule has 0 saturated carbocycles. The largest absolute Gasteiger partial charge is 0.378 e. The summed E-state index contributed by atoms with van der Waals surface area (Å²) in [6.07, 6.45) is 0. The second-order valence-corrected chi connectivity index (χ2v) is 6.73. The summed E-state index contributed by atoms with van der Waals surface area (Å²) in [6, 6.07) is 12.6. The molecule has 1 aliphatic heterocycles. The van der Waals surface area contributed by atoms with Crippen molar-refractivity contribution in [3.63, 3.8) is 0 Å². The van der Waals surface area contributed by atoms with Crippen LogP contribution in [0.3, 0.4) is 0 Å². The molecule has 0 aromatic heterocycles. The van der Waals surface area contributed by atoms with E-state index in [-0.39, 0.29) is 18.4 Å². The summed E-state index contributed by atoms with van der Waals surface area (Å²) in [7, 11) is 1.56. The van der Waals surface area contributed by atoms with Crippen LogP contribution < -0.4 is 20.9 Å². The van der Waals surface area contributed by atoms with Crippen LogP contribution in [0.25, 0.3) is 0 Å². The van der Waals surface area contributed by atoms with Crippen LogP contribution in [-0.2, 0) is 9.53 Å². The first-order valence-electron chi connectivity index (χ1n) is 9.05. The molecule has 2 aromatic carbocycles. The second kappa shape index (κ2) is 9.43. The molecule has 148 valence electrons. The molecule has 0 unspecified atom stereocenters. The zero-order valence-corrected chi connectivity index (χ0v) is 16.4. The van der Waals surface area contributed by atoms with Crippen molar-refractivity contribution in [2.45, 2.75) is 0 Å². The van der Waals surface area contributed by atoms with E-state index in [4.69, 9.17) is 16.3 Å². The molecule has 7 nitrogen and oxygen atoms in total. The number of anilines is 3. The van der Waals surface area contributed by atoms with Gasteiger partial charge in [-0.3, -0.25) is 9.59 Å². The molecule has 1 saturated heterocycles. The van der Waals surface area contributed by atoms with Gasteiger partial charge in [0.15, 0.2) is 0 Å². The predicted octanol–water partition coefficient (Wildman–Crippen LogP) is 2.59. The van der Waals surface area contributed by atoms with Gasteiger partial charge < -0.3 is 25.6 Å². The molecule has 8 heteroatoms. The molecule has 3 rings (SSSR count). The zero-order chi connectivity index (χ0) is 19.9. The van der Waals surface area contributed by atoms with Crippen molar-refractivity contribution in [2.24, 2.45) is 0 Å². The lowest BCUT2D eigenvalue weighted by Gasteiger charge is -2.28. The van der Waals surface area contributed by atoms with Gasteiger partial charge in [-0.2, -0.15) is 0 Å². The average molecular weight is 403 g/mol. The number of hydrogen-bond donors (Lipinski definition) is 3. The maximum absolute atomic E-state index is 12.2. The minimum absolute atomic E-state index is 0.0299. The van der Waals surface area contributed by atoms with Gasteiger partial charge in [0.25, 0.3) is 5.91 Å². The van der Waals surface area contributed by atoms with Gasteiger partial charge in [-0.25, -0.2) is 0 Å². The fourth-order valence-corrected chi connectivity index (χ4v) is 3.09. The number of amides is 2. The average Bonchev–Trinajstić information content (AvgIpc) is 2.73. The Balaban J connectivity index is 1.55. The Morgan fingerprint density at radius 1 is 1.11 bits per heavy atom. The summed E-state index contributed by atoms with van der Waals surface area (Å²) in [6.45, 7) is 3.22. The fraction of sp³-hybridized carbons (Fsp3) is 0.300.